The zero-order chi connectivity index (χ0) is 10.8. The zero-order valence-corrected chi connectivity index (χ0v) is 8.23. The van der Waals surface area contributed by atoms with Crippen molar-refractivity contribution in [1.82, 2.24) is 4.98 Å². The number of hydrogen-bond acceptors (Lipinski definition) is 3. The Morgan fingerprint density at radius 1 is 1.60 bits per heavy atom. The molecule has 1 aliphatic rings. The number of nitrogens with one attached hydrogen (secondary N) is 1. The van der Waals surface area contributed by atoms with Crippen LogP contribution >= 0.6 is 0 Å². The molecule has 4 nitrogen and oxygen atoms in total. The highest BCUT2D eigenvalue weighted by atomic mass is 16.4. The topological polar surface area (TPSA) is 62.2 Å². The molecular formula is C11H12N2O2. The Kier molecular flexibility index (Phi) is 2.41. The third kappa shape index (κ3) is 2.34. The van der Waals surface area contributed by atoms with E-state index in [1.807, 2.05) is 0 Å². The second kappa shape index (κ2) is 3.73. The van der Waals surface area contributed by atoms with Crippen LogP contribution in [0.15, 0.2) is 30.6 Å². The maximum atomic E-state index is 10.7. The van der Waals surface area contributed by atoms with Crippen molar-refractivity contribution in [2.24, 2.45) is 5.92 Å². The SMILES string of the molecule is C=C(Nc1cc(C(=O)O)ccn1)C1CC1. The van der Waals surface area contributed by atoms with Gasteiger partial charge in [-0.3, -0.25) is 0 Å². The third-order valence-corrected chi connectivity index (χ3v) is 2.37. The molecule has 15 heavy (non-hydrogen) atoms. The lowest BCUT2D eigenvalue weighted by Gasteiger charge is -2.07. The molecule has 1 saturated carbocycles. The van der Waals surface area contributed by atoms with Gasteiger partial charge in [0.05, 0.1) is 5.56 Å². The molecule has 4 heteroatoms. The number of carboxylic acid groups (broad SMARTS) is 1. The highest BCUT2D eigenvalue weighted by Crippen LogP contribution is 2.35. The Morgan fingerprint density at radius 3 is 2.93 bits per heavy atom. The monoisotopic (exact) mass is 204 g/mol. The van der Waals surface area contributed by atoms with Crippen molar-refractivity contribution < 1.29 is 9.90 Å². The molecule has 0 amide bonds. The lowest BCUT2D eigenvalue weighted by atomic mass is 10.2. The summed E-state index contributed by atoms with van der Waals surface area (Å²) in [4.78, 5) is 14.7. The van der Waals surface area contributed by atoms with E-state index < -0.39 is 5.97 Å². The van der Waals surface area contributed by atoms with E-state index in [9.17, 15) is 4.79 Å². The summed E-state index contributed by atoms with van der Waals surface area (Å²) < 4.78 is 0. The molecule has 78 valence electrons. The van der Waals surface area contributed by atoms with E-state index in [1.165, 1.54) is 18.3 Å². The van der Waals surface area contributed by atoms with Gasteiger partial charge in [0.1, 0.15) is 5.82 Å². The summed E-state index contributed by atoms with van der Waals surface area (Å²) in [6, 6.07) is 2.98. The van der Waals surface area contributed by atoms with E-state index in [0.29, 0.717) is 11.7 Å². The first-order valence-corrected chi connectivity index (χ1v) is 4.82. The van der Waals surface area contributed by atoms with Crippen LogP contribution in [0.4, 0.5) is 5.82 Å². The molecule has 1 heterocycles. The van der Waals surface area contributed by atoms with Gasteiger partial charge in [0.2, 0.25) is 0 Å². The smallest absolute Gasteiger partial charge is 0.335 e. The molecular weight excluding hydrogens is 192 g/mol. The van der Waals surface area contributed by atoms with Crippen LogP contribution in [0.3, 0.4) is 0 Å². The van der Waals surface area contributed by atoms with Crippen molar-refractivity contribution in [3.05, 3.63) is 36.2 Å². The molecule has 0 bridgehead atoms. The molecule has 1 aromatic rings. The van der Waals surface area contributed by atoms with Gasteiger partial charge < -0.3 is 10.4 Å². The molecule has 2 rings (SSSR count). The van der Waals surface area contributed by atoms with E-state index in [0.717, 1.165) is 18.5 Å². The maximum Gasteiger partial charge on any atom is 0.335 e. The van der Waals surface area contributed by atoms with E-state index >= 15 is 0 Å². The first kappa shape index (κ1) is 9.71. The molecule has 1 aliphatic carbocycles. The Bertz CT molecular complexity index is 411. The first-order chi connectivity index (χ1) is 7.16. The number of aromatic nitrogens is 1. The number of allylic oxidation sites excluding steroid dienone is 1. The Hall–Kier alpha value is -1.84. The van der Waals surface area contributed by atoms with Crippen LogP contribution in [-0.4, -0.2) is 16.1 Å². The number of anilines is 1. The summed E-state index contributed by atoms with van der Waals surface area (Å²) in [5.74, 6) is 0.129. The molecule has 0 aromatic carbocycles. The van der Waals surface area contributed by atoms with E-state index in [1.54, 1.807) is 0 Å². The number of hydrogen-bond donors (Lipinski definition) is 2. The lowest BCUT2D eigenvalue weighted by molar-refractivity contribution is 0.0697. The summed E-state index contributed by atoms with van der Waals surface area (Å²) >= 11 is 0. The molecule has 0 aliphatic heterocycles. The molecule has 0 radical (unpaired) electrons. The fourth-order valence-electron chi connectivity index (χ4n) is 1.33. The normalized spacial score (nSPS) is 14.7. The molecule has 0 saturated heterocycles. The fourth-order valence-corrected chi connectivity index (χ4v) is 1.33. The van der Waals surface area contributed by atoms with E-state index in [2.05, 4.69) is 16.9 Å². The number of nitrogens with zero attached hydrogens (tertiary/aromatic N) is 1. The van der Waals surface area contributed by atoms with Crippen LogP contribution in [0, 0.1) is 5.92 Å². The maximum absolute atomic E-state index is 10.7. The van der Waals surface area contributed by atoms with Gasteiger partial charge in [-0.15, -0.1) is 0 Å². The van der Waals surface area contributed by atoms with Crippen molar-refractivity contribution in [3.63, 3.8) is 0 Å². The van der Waals surface area contributed by atoms with Crippen molar-refractivity contribution in [1.29, 1.82) is 0 Å². The van der Waals surface area contributed by atoms with Gasteiger partial charge in [-0.25, -0.2) is 9.78 Å². The van der Waals surface area contributed by atoms with E-state index in [-0.39, 0.29) is 5.56 Å². The summed E-state index contributed by atoms with van der Waals surface area (Å²) in [5.41, 5.74) is 1.15. The lowest BCUT2D eigenvalue weighted by Crippen LogP contribution is -2.04. The minimum Gasteiger partial charge on any atom is -0.478 e. The second-order valence-corrected chi connectivity index (χ2v) is 3.66. The molecule has 0 spiro atoms. The predicted molar refractivity (Wildman–Crippen MR) is 56.7 cm³/mol. The van der Waals surface area contributed by atoms with Gasteiger partial charge in [-0.1, -0.05) is 6.58 Å². The number of pyridine rings is 1. The van der Waals surface area contributed by atoms with Crippen molar-refractivity contribution >= 4 is 11.8 Å². The van der Waals surface area contributed by atoms with Gasteiger partial charge in [-0.2, -0.15) is 0 Å². The zero-order valence-electron chi connectivity index (χ0n) is 8.23. The molecule has 1 fully saturated rings. The van der Waals surface area contributed by atoms with Crippen LogP contribution in [0.5, 0.6) is 0 Å². The number of aromatic carboxylic acids is 1. The Morgan fingerprint density at radius 2 is 2.33 bits per heavy atom. The van der Waals surface area contributed by atoms with Crippen molar-refractivity contribution in [2.75, 3.05) is 5.32 Å². The minimum atomic E-state index is -0.947. The Labute approximate surface area is 87.7 Å². The van der Waals surface area contributed by atoms with Crippen LogP contribution in [-0.2, 0) is 0 Å². The van der Waals surface area contributed by atoms with Gasteiger partial charge >= 0.3 is 5.97 Å². The highest BCUT2D eigenvalue weighted by molar-refractivity contribution is 5.88. The van der Waals surface area contributed by atoms with E-state index in [4.69, 9.17) is 5.11 Å². The fraction of sp³-hybridized carbons (Fsp3) is 0.273. The quantitative estimate of drug-likeness (QED) is 0.788. The van der Waals surface area contributed by atoms with Crippen molar-refractivity contribution in [3.8, 4) is 0 Å². The van der Waals surface area contributed by atoms with Gasteiger partial charge in [0.15, 0.2) is 0 Å². The molecule has 2 N–H and O–H groups in total. The average molecular weight is 204 g/mol. The molecule has 0 unspecified atom stereocenters. The highest BCUT2D eigenvalue weighted by Gasteiger charge is 2.24. The van der Waals surface area contributed by atoms with Crippen LogP contribution < -0.4 is 5.32 Å². The standard InChI is InChI=1S/C11H12N2O2/c1-7(8-2-3-8)13-10-6-9(11(14)15)4-5-12-10/h4-6,8H,1-3H2,(H,12,13)(H,14,15). The summed E-state index contributed by atoms with van der Waals surface area (Å²) in [5, 5.41) is 11.8. The van der Waals surface area contributed by atoms with Gasteiger partial charge in [-0.05, 0) is 30.9 Å². The second-order valence-electron chi connectivity index (χ2n) is 3.66. The predicted octanol–water partition coefficient (Wildman–Crippen LogP) is 2.12. The third-order valence-electron chi connectivity index (χ3n) is 2.37. The molecule has 1 aromatic heterocycles. The number of carboxylic acids is 1. The molecule has 0 atom stereocenters. The minimum absolute atomic E-state index is 0.232. The van der Waals surface area contributed by atoms with Crippen LogP contribution in [0.1, 0.15) is 23.2 Å². The Balaban J connectivity index is 2.10. The summed E-state index contributed by atoms with van der Waals surface area (Å²) in [7, 11) is 0. The summed E-state index contributed by atoms with van der Waals surface area (Å²) in [6.45, 7) is 3.89. The van der Waals surface area contributed by atoms with Crippen LogP contribution in [0.2, 0.25) is 0 Å². The van der Waals surface area contributed by atoms with Crippen molar-refractivity contribution in [2.45, 2.75) is 12.8 Å². The van der Waals surface area contributed by atoms with Crippen LogP contribution in [0.25, 0.3) is 0 Å². The largest absolute Gasteiger partial charge is 0.478 e. The number of rotatable bonds is 4. The van der Waals surface area contributed by atoms with Gasteiger partial charge in [0.25, 0.3) is 0 Å². The number of carbonyl (C=O) groups is 1. The summed E-state index contributed by atoms with van der Waals surface area (Å²) in [6.07, 6.45) is 3.79. The van der Waals surface area contributed by atoms with Gasteiger partial charge in [0, 0.05) is 11.9 Å². The average Bonchev–Trinajstić information content (AvgIpc) is 3.01. The first-order valence-electron chi connectivity index (χ1n) is 4.82.